The van der Waals surface area contributed by atoms with Crippen LogP contribution in [0.3, 0.4) is 0 Å². The number of carbonyl (C=O) groups excluding carboxylic acids is 1. The van der Waals surface area contributed by atoms with Gasteiger partial charge >= 0.3 is 6.03 Å². The Hall–Kier alpha value is -0.770. The summed E-state index contributed by atoms with van der Waals surface area (Å²) in [6.45, 7) is 5.89. The fraction of sp³-hybridized carbons (Fsp3) is 0.923. The first-order valence-electron chi connectivity index (χ1n) is 6.72. The SMILES string of the molecule is CNCC(C)(C)CNC(=O)NC1CCCCC1. The Morgan fingerprint density at radius 1 is 1.18 bits per heavy atom. The molecule has 1 rings (SSSR count). The number of hydrogen-bond acceptors (Lipinski definition) is 2. The Balaban J connectivity index is 2.20. The zero-order chi connectivity index (χ0) is 12.7. The summed E-state index contributed by atoms with van der Waals surface area (Å²) in [6.07, 6.45) is 6.07. The van der Waals surface area contributed by atoms with Crippen LogP contribution in [-0.4, -0.2) is 32.2 Å². The Morgan fingerprint density at radius 2 is 1.82 bits per heavy atom. The number of rotatable bonds is 5. The van der Waals surface area contributed by atoms with Crippen molar-refractivity contribution in [3.05, 3.63) is 0 Å². The van der Waals surface area contributed by atoms with Crippen molar-refractivity contribution in [2.45, 2.75) is 52.0 Å². The molecule has 1 saturated carbocycles. The van der Waals surface area contributed by atoms with E-state index >= 15 is 0 Å². The lowest BCUT2D eigenvalue weighted by molar-refractivity contribution is 0.225. The molecule has 0 aromatic heterocycles. The van der Waals surface area contributed by atoms with Gasteiger partial charge in [0.15, 0.2) is 0 Å². The molecule has 0 aliphatic heterocycles. The topological polar surface area (TPSA) is 53.2 Å². The van der Waals surface area contributed by atoms with Gasteiger partial charge in [-0.3, -0.25) is 0 Å². The lowest BCUT2D eigenvalue weighted by atomic mass is 9.93. The first kappa shape index (κ1) is 14.3. The fourth-order valence-corrected chi connectivity index (χ4v) is 2.34. The minimum atomic E-state index is -0.0129. The Kier molecular flexibility index (Phi) is 5.75. The van der Waals surface area contributed by atoms with Gasteiger partial charge in [0.2, 0.25) is 0 Å². The van der Waals surface area contributed by atoms with Gasteiger partial charge in [-0.25, -0.2) is 4.79 Å². The molecule has 2 amide bonds. The van der Waals surface area contributed by atoms with Crippen LogP contribution in [0.2, 0.25) is 0 Å². The maximum atomic E-state index is 11.7. The van der Waals surface area contributed by atoms with E-state index in [1.807, 2.05) is 7.05 Å². The predicted molar refractivity (Wildman–Crippen MR) is 71.1 cm³/mol. The molecular weight excluding hydrogens is 214 g/mol. The summed E-state index contributed by atoms with van der Waals surface area (Å²) < 4.78 is 0. The highest BCUT2D eigenvalue weighted by Crippen LogP contribution is 2.17. The normalized spacial score (nSPS) is 17.8. The molecule has 0 unspecified atom stereocenters. The first-order valence-corrected chi connectivity index (χ1v) is 6.72. The molecule has 1 aliphatic rings. The maximum Gasteiger partial charge on any atom is 0.315 e. The van der Waals surface area contributed by atoms with E-state index in [1.165, 1.54) is 19.3 Å². The average Bonchev–Trinajstić information content (AvgIpc) is 2.28. The summed E-state index contributed by atoms with van der Waals surface area (Å²) in [5, 5.41) is 9.17. The first-order chi connectivity index (χ1) is 8.03. The Bertz CT molecular complexity index is 235. The number of urea groups is 1. The van der Waals surface area contributed by atoms with E-state index in [0.717, 1.165) is 19.4 Å². The van der Waals surface area contributed by atoms with Crippen LogP contribution in [-0.2, 0) is 0 Å². The summed E-state index contributed by atoms with van der Waals surface area (Å²) in [5.74, 6) is 0. The third kappa shape index (κ3) is 5.91. The number of carbonyl (C=O) groups is 1. The largest absolute Gasteiger partial charge is 0.338 e. The van der Waals surface area contributed by atoms with Crippen molar-refractivity contribution in [3.8, 4) is 0 Å². The highest BCUT2D eigenvalue weighted by molar-refractivity contribution is 5.74. The smallest absolute Gasteiger partial charge is 0.315 e. The van der Waals surface area contributed by atoms with Crippen LogP contribution in [0.15, 0.2) is 0 Å². The van der Waals surface area contributed by atoms with Gasteiger partial charge in [0.05, 0.1) is 0 Å². The zero-order valence-electron chi connectivity index (χ0n) is 11.4. The van der Waals surface area contributed by atoms with Gasteiger partial charge in [0.1, 0.15) is 0 Å². The molecule has 0 saturated heterocycles. The summed E-state index contributed by atoms with van der Waals surface area (Å²) >= 11 is 0. The van der Waals surface area contributed by atoms with Gasteiger partial charge in [-0.1, -0.05) is 33.1 Å². The number of amides is 2. The molecule has 4 nitrogen and oxygen atoms in total. The molecular formula is C13H27N3O. The van der Waals surface area contributed by atoms with E-state index in [9.17, 15) is 4.79 Å². The van der Waals surface area contributed by atoms with E-state index < -0.39 is 0 Å². The molecule has 0 heterocycles. The third-order valence-electron chi connectivity index (χ3n) is 3.32. The van der Waals surface area contributed by atoms with Crippen LogP contribution in [0.1, 0.15) is 46.0 Å². The van der Waals surface area contributed by atoms with Crippen molar-refractivity contribution in [2.24, 2.45) is 5.41 Å². The number of hydrogen-bond donors (Lipinski definition) is 3. The van der Waals surface area contributed by atoms with E-state index in [4.69, 9.17) is 0 Å². The predicted octanol–water partition coefficient (Wildman–Crippen LogP) is 1.86. The van der Waals surface area contributed by atoms with Crippen LogP contribution in [0.5, 0.6) is 0 Å². The van der Waals surface area contributed by atoms with Gasteiger partial charge in [-0.2, -0.15) is 0 Å². The van der Waals surface area contributed by atoms with E-state index in [1.54, 1.807) is 0 Å². The molecule has 1 fully saturated rings. The van der Waals surface area contributed by atoms with Crippen molar-refractivity contribution in [3.63, 3.8) is 0 Å². The van der Waals surface area contributed by atoms with Crippen molar-refractivity contribution in [1.29, 1.82) is 0 Å². The molecule has 0 spiro atoms. The lowest BCUT2D eigenvalue weighted by Gasteiger charge is -2.27. The van der Waals surface area contributed by atoms with Crippen LogP contribution >= 0.6 is 0 Å². The molecule has 100 valence electrons. The second-order valence-electron chi connectivity index (χ2n) is 5.86. The molecule has 1 aliphatic carbocycles. The molecule has 3 N–H and O–H groups in total. The van der Waals surface area contributed by atoms with E-state index in [-0.39, 0.29) is 11.4 Å². The van der Waals surface area contributed by atoms with Crippen molar-refractivity contribution < 1.29 is 4.79 Å². The molecule has 4 heteroatoms. The second-order valence-corrected chi connectivity index (χ2v) is 5.86. The minimum absolute atomic E-state index is 0.0129. The maximum absolute atomic E-state index is 11.7. The van der Waals surface area contributed by atoms with Crippen LogP contribution in [0.25, 0.3) is 0 Å². The molecule has 0 bridgehead atoms. The molecule has 0 atom stereocenters. The average molecular weight is 241 g/mol. The Labute approximate surface area is 105 Å². The fourth-order valence-electron chi connectivity index (χ4n) is 2.34. The molecule has 0 aromatic rings. The molecule has 0 radical (unpaired) electrons. The molecule has 17 heavy (non-hydrogen) atoms. The quantitative estimate of drug-likeness (QED) is 0.688. The third-order valence-corrected chi connectivity index (χ3v) is 3.32. The zero-order valence-corrected chi connectivity index (χ0v) is 11.4. The van der Waals surface area contributed by atoms with Gasteiger partial charge in [0.25, 0.3) is 0 Å². The standard InChI is InChI=1S/C13H27N3O/c1-13(2,9-14-3)10-15-12(17)16-11-7-5-4-6-8-11/h11,14H,4-10H2,1-3H3,(H2,15,16,17). The van der Waals surface area contributed by atoms with E-state index in [0.29, 0.717) is 12.6 Å². The van der Waals surface area contributed by atoms with Gasteiger partial charge in [0, 0.05) is 19.1 Å². The molecule has 0 aromatic carbocycles. The monoisotopic (exact) mass is 241 g/mol. The summed E-state index contributed by atoms with van der Waals surface area (Å²) in [4.78, 5) is 11.7. The van der Waals surface area contributed by atoms with Crippen molar-refractivity contribution >= 4 is 6.03 Å². The van der Waals surface area contributed by atoms with Crippen LogP contribution < -0.4 is 16.0 Å². The minimum Gasteiger partial charge on any atom is -0.338 e. The summed E-state index contributed by atoms with van der Waals surface area (Å²) in [6, 6.07) is 0.372. The lowest BCUT2D eigenvalue weighted by Crippen LogP contribution is -2.47. The van der Waals surface area contributed by atoms with E-state index in [2.05, 4.69) is 29.8 Å². The summed E-state index contributed by atoms with van der Waals surface area (Å²) in [5.41, 5.74) is 0.0959. The van der Waals surface area contributed by atoms with Gasteiger partial charge in [-0.15, -0.1) is 0 Å². The van der Waals surface area contributed by atoms with Crippen LogP contribution in [0, 0.1) is 5.41 Å². The van der Waals surface area contributed by atoms with Crippen molar-refractivity contribution in [2.75, 3.05) is 20.1 Å². The Morgan fingerprint density at radius 3 is 2.41 bits per heavy atom. The highest BCUT2D eigenvalue weighted by Gasteiger charge is 2.19. The van der Waals surface area contributed by atoms with Gasteiger partial charge in [-0.05, 0) is 25.3 Å². The van der Waals surface area contributed by atoms with Gasteiger partial charge < -0.3 is 16.0 Å². The van der Waals surface area contributed by atoms with Crippen LogP contribution in [0.4, 0.5) is 4.79 Å². The second kappa shape index (κ2) is 6.84. The number of nitrogens with one attached hydrogen (secondary N) is 3. The highest BCUT2D eigenvalue weighted by atomic mass is 16.2. The summed E-state index contributed by atoms with van der Waals surface area (Å²) in [7, 11) is 1.93. The van der Waals surface area contributed by atoms with Crippen molar-refractivity contribution in [1.82, 2.24) is 16.0 Å².